The Morgan fingerprint density at radius 1 is 1.14 bits per heavy atom. The molecule has 2 aromatic carbocycles. The van der Waals surface area contributed by atoms with E-state index in [1.54, 1.807) is 0 Å². The van der Waals surface area contributed by atoms with E-state index >= 15 is 0 Å². The second-order valence-electron chi connectivity index (χ2n) is 6.87. The van der Waals surface area contributed by atoms with Gasteiger partial charge in [-0.1, -0.05) is 62.4 Å². The summed E-state index contributed by atoms with van der Waals surface area (Å²) >= 11 is 0. The van der Waals surface area contributed by atoms with Gasteiger partial charge in [0, 0.05) is 5.56 Å². The summed E-state index contributed by atoms with van der Waals surface area (Å²) < 4.78 is 4.82. The molecule has 0 saturated heterocycles. The van der Waals surface area contributed by atoms with Crippen molar-refractivity contribution < 1.29 is 9.53 Å². The van der Waals surface area contributed by atoms with Crippen molar-refractivity contribution in [3.8, 4) is 22.5 Å². The number of methoxy groups -OCH3 is 1. The molecule has 0 radical (unpaired) electrons. The molecule has 150 valence electrons. The van der Waals surface area contributed by atoms with Gasteiger partial charge in [0.15, 0.2) is 6.04 Å². The van der Waals surface area contributed by atoms with Crippen molar-refractivity contribution in [3.05, 3.63) is 59.0 Å². The number of nitrogens with zero attached hydrogens (tertiary/aromatic N) is 5. The quantitative estimate of drug-likeness (QED) is 0.354. The number of ether oxygens (including phenoxy) is 1. The van der Waals surface area contributed by atoms with Gasteiger partial charge in [0.1, 0.15) is 0 Å². The van der Waals surface area contributed by atoms with Crippen LogP contribution in [0.5, 0.6) is 0 Å². The molecule has 0 fully saturated rings. The van der Waals surface area contributed by atoms with Crippen LogP contribution in [0.2, 0.25) is 0 Å². The number of nitrogens with one attached hydrogen (secondary N) is 1. The second kappa shape index (κ2) is 9.05. The molecule has 0 unspecified atom stereocenters. The molecule has 0 spiro atoms. The first-order valence-electron chi connectivity index (χ1n) is 9.15. The average molecular weight is 394 g/mol. The van der Waals surface area contributed by atoms with E-state index in [4.69, 9.17) is 4.74 Å². The number of tetrazole rings is 1. The van der Waals surface area contributed by atoms with Gasteiger partial charge in [0.05, 0.1) is 18.9 Å². The van der Waals surface area contributed by atoms with Gasteiger partial charge in [-0.05, 0) is 27.8 Å². The molecule has 29 heavy (non-hydrogen) atoms. The van der Waals surface area contributed by atoms with Gasteiger partial charge in [-0.25, -0.2) is 9.80 Å². The molecule has 1 heterocycles. The van der Waals surface area contributed by atoms with E-state index in [1.165, 1.54) is 12.1 Å². The molecular formula is C20H22N6O3. The number of nitroso groups, excluding NO2 is 1. The Labute approximate surface area is 168 Å². The number of rotatable bonds is 8. The molecule has 1 aromatic heterocycles. The zero-order valence-electron chi connectivity index (χ0n) is 16.4. The van der Waals surface area contributed by atoms with Crippen LogP contribution in [-0.2, 0) is 16.1 Å². The van der Waals surface area contributed by atoms with Gasteiger partial charge in [-0.15, -0.1) is 15.1 Å². The lowest BCUT2D eigenvalue weighted by Crippen LogP contribution is -2.41. The van der Waals surface area contributed by atoms with Gasteiger partial charge in [-0.2, -0.15) is 5.21 Å². The SMILES string of the molecule is COC(=O)[C@H](C(C)C)N(Cc1ccc(-c2ccccc2-c2nn[nH]n2)cc1)N=O. The van der Waals surface area contributed by atoms with Crippen LogP contribution in [0.3, 0.4) is 0 Å². The van der Waals surface area contributed by atoms with E-state index < -0.39 is 12.0 Å². The largest absolute Gasteiger partial charge is 0.467 e. The molecule has 0 aliphatic carbocycles. The highest BCUT2D eigenvalue weighted by Gasteiger charge is 2.30. The number of hydrogen-bond acceptors (Lipinski definition) is 7. The highest BCUT2D eigenvalue weighted by molar-refractivity contribution is 5.80. The number of esters is 1. The first-order valence-corrected chi connectivity index (χ1v) is 9.15. The minimum absolute atomic E-state index is 0.124. The Balaban J connectivity index is 1.84. The molecule has 0 saturated carbocycles. The summed E-state index contributed by atoms with van der Waals surface area (Å²) in [5.74, 6) is -0.0922. The zero-order valence-corrected chi connectivity index (χ0v) is 16.4. The van der Waals surface area contributed by atoms with Gasteiger partial charge in [0.25, 0.3) is 0 Å². The monoisotopic (exact) mass is 394 g/mol. The van der Waals surface area contributed by atoms with Crippen LogP contribution in [0, 0.1) is 10.8 Å². The zero-order chi connectivity index (χ0) is 20.8. The molecule has 1 N–H and O–H groups in total. The van der Waals surface area contributed by atoms with E-state index in [1.807, 2.05) is 62.4 Å². The molecule has 1 atom stereocenters. The maximum absolute atomic E-state index is 12.1. The third-order valence-corrected chi connectivity index (χ3v) is 4.62. The standard InChI is InChI=1S/C20H22N6O3/c1-13(2)18(20(27)29-3)26(25-28)12-14-8-10-15(11-9-14)16-6-4-5-7-17(16)19-21-23-24-22-19/h4-11,13,18H,12H2,1-3H3,(H,21,22,23,24)/t18-/m0/s1. The maximum Gasteiger partial charge on any atom is 0.330 e. The molecule has 3 aromatic rings. The van der Waals surface area contributed by atoms with Gasteiger partial charge < -0.3 is 4.74 Å². The van der Waals surface area contributed by atoms with Crippen molar-refractivity contribution in [1.82, 2.24) is 25.6 Å². The molecule has 0 amide bonds. The van der Waals surface area contributed by atoms with Crippen molar-refractivity contribution in [2.75, 3.05) is 7.11 Å². The molecule has 9 nitrogen and oxygen atoms in total. The highest BCUT2D eigenvalue weighted by Crippen LogP contribution is 2.30. The maximum atomic E-state index is 12.1. The third-order valence-electron chi connectivity index (χ3n) is 4.62. The van der Waals surface area contributed by atoms with Crippen molar-refractivity contribution >= 4 is 5.97 Å². The predicted molar refractivity (Wildman–Crippen MR) is 107 cm³/mol. The Kier molecular flexibility index (Phi) is 6.28. The average Bonchev–Trinajstić information content (AvgIpc) is 3.28. The van der Waals surface area contributed by atoms with Crippen molar-refractivity contribution in [3.63, 3.8) is 0 Å². The molecule has 0 aliphatic rings. The molecule has 3 rings (SSSR count). The number of carbonyl (C=O) groups excluding carboxylic acids is 1. The van der Waals surface area contributed by atoms with E-state index in [9.17, 15) is 9.70 Å². The summed E-state index contributed by atoms with van der Waals surface area (Å²) in [6.07, 6.45) is 0. The summed E-state index contributed by atoms with van der Waals surface area (Å²) in [6.45, 7) is 3.89. The van der Waals surface area contributed by atoms with Crippen LogP contribution >= 0.6 is 0 Å². The van der Waals surface area contributed by atoms with Crippen LogP contribution in [-0.4, -0.2) is 44.8 Å². The first-order chi connectivity index (χ1) is 14.0. The Hall–Kier alpha value is -3.62. The summed E-state index contributed by atoms with van der Waals surface area (Å²) in [5.41, 5.74) is 3.63. The normalized spacial score (nSPS) is 11.9. The Bertz CT molecular complexity index is 957. The number of hydrogen-bond donors (Lipinski definition) is 1. The van der Waals surface area contributed by atoms with Crippen molar-refractivity contribution in [2.24, 2.45) is 11.2 Å². The van der Waals surface area contributed by atoms with Crippen molar-refractivity contribution in [2.45, 2.75) is 26.4 Å². The van der Waals surface area contributed by atoms with Gasteiger partial charge in [0.2, 0.25) is 5.82 Å². The summed E-state index contributed by atoms with van der Waals surface area (Å²) in [7, 11) is 1.30. The topological polar surface area (TPSA) is 113 Å². The smallest absolute Gasteiger partial charge is 0.330 e. The fraction of sp³-hybridized carbons (Fsp3) is 0.300. The second-order valence-corrected chi connectivity index (χ2v) is 6.87. The fourth-order valence-electron chi connectivity index (χ4n) is 3.22. The molecule has 0 bridgehead atoms. The number of H-pyrrole nitrogens is 1. The van der Waals surface area contributed by atoms with E-state index in [2.05, 4.69) is 25.9 Å². The van der Waals surface area contributed by atoms with Gasteiger partial charge in [-0.3, -0.25) is 0 Å². The highest BCUT2D eigenvalue weighted by atomic mass is 16.5. The summed E-state index contributed by atoms with van der Waals surface area (Å²) in [6, 6.07) is 14.7. The van der Waals surface area contributed by atoms with E-state index in [0.717, 1.165) is 22.3 Å². The minimum atomic E-state index is -0.740. The molecule has 9 heteroatoms. The summed E-state index contributed by atoms with van der Waals surface area (Å²) in [5, 5.41) is 18.5. The van der Waals surface area contributed by atoms with E-state index in [-0.39, 0.29) is 12.5 Å². The Morgan fingerprint density at radius 3 is 2.38 bits per heavy atom. The number of benzene rings is 2. The lowest BCUT2D eigenvalue weighted by Gasteiger charge is -2.27. The van der Waals surface area contributed by atoms with Gasteiger partial charge >= 0.3 is 5.97 Å². The minimum Gasteiger partial charge on any atom is -0.467 e. The Morgan fingerprint density at radius 2 is 1.83 bits per heavy atom. The van der Waals surface area contributed by atoms with Crippen LogP contribution in [0.4, 0.5) is 0 Å². The predicted octanol–water partition coefficient (Wildman–Crippen LogP) is 3.21. The van der Waals surface area contributed by atoms with Crippen LogP contribution in [0.25, 0.3) is 22.5 Å². The number of aromatic amines is 1. The first kappa shape index (κ1) is 20.1. The van der Waals surface area contributed by atoms with E-state index in [0.29, 0.717) is 5.82 Å². The fourth-order valence-corrected chi connectivity index (χ4v) is 3.22. The number of carbonyl (C=O) groups is 1. The molecule has 0 aliphatic heterocycles. The van der Waals surface area contributed by atoms with Crippen LogP contribution < -0.4 is 0 Å². The van der Waals surface area contributed by atoms with Crippen LogP contribution in [0.15, 0.2) is 53.8 Å². The molecular weight excluding hydrogens is 372 g/mol. The van der Waals surface area contributed by atoms with Crippen LogP contribution in [0.1, 0.15) is 19.4 Å². The summed E-state index contributed by atoms with van der Waals surface area (Å²) in [4.78, 5) is 23.4. The third kappa shape index (κ3) is 4.45. The lowest BCUT2D eigenvalue weighted by atomic mass is 9.98. The lowest BCUT2D eigenvalue weighted by molar-refractivity contribution is -0.149. The number of aromatic nitrogens is 4. The van der Waals surface area contributed by atoms with Crippen molar-refractivity contribution in [1.29, 1.82) is 0 Å².